The molecule has 0 saturated heterocycles. The SMILES string of the molecule is Cc1cn(C(C)C)c(=O)[nH]1. The number of hydrogen-bond acceptors (Lipinski definition) is 1. The van der Waals surface area contributed by atoms with Crippen molar-refractivity contribution in [2.75, 3.05) is 0 Å². The first-order chi connectivity index (χ1) is 4.61. The van der Waals surface area contributed by atoms with Gasteiger partial charge in [-0.05, 0) is 20.8 Å². The van der Waals surface area contributed by atoms with E-state index in [0.717, 1.165) is 5.69 Å². The van der Waals surface area contributed by atoms with E-state index < -0.39 is 0 Å². The third kappa shape index (κ3) is 1.12. The van der Waals surface area contributed by atoms with Crippen LogP contribution < -0.4 is 5.69 Å². The first kappa shape index (κ1) is 7.12. The predicted molar refractivity (Wildman–Crippen MR) is 40.2 cm³/mol. The molecule has 0 amide bonds. The average Bonchev–Trinajstić information content (AvgIpc) is 2.10. The molecule has 0 aromatic carbocycles. The molecule has 56 valence electrons. The van der Waals surface area contributed by atoms with Gasteiger partial charge in [0, 0.05) is 17.9 Å². The Kier molecular flexibility index (Phi) is 1.66. The Morgan fingerprint density at radius 3 is 2.40 bits per heavy atom. The van der Waals surface area contributed by atoms with E-state index in [1.807, 2.05) is 27.0 Å². The minimum Gasteiger partial charge on any atom is -0.310 e. The average molecular weight is 140 g/mol. The minimum absolute atomic E-state index is 0.0208. The lowest BCUT2D eigenvalue weighted by Gasteiger charge is -2.01. The topological polar surface area (TPSA) is 37.8 Å². The molecule has 0 atom stereocenters. The van der Waals surface area contributed by atoms with Gasteiger partial charge in [-0.2, -0.15) is 0 Å². The maximum atomic E-state index is 11.0. The molecule has 0 saturated carbocycles. The van der Waals surface area contributed by atoms with Gasteiger partial charge in [-0.1, -0.05) is 0 Å². The van der Waals surface area contributed by atoms with Crippen molar-refractivity contribution in [3.05, 3.63) is 22.4 Å². The van der Waals surface area contributed by atoms with E-state index in [1.165, 1.54) is 0 Å². The Morgan fingerprint density at radius 2 is 2.20 bits per heavy atom. The minimum atomic E-state index is -0.0208. The van der Waals surface area contributed by atoms with Gasteiger partial charge in [-0.3, -0.25) is 4.57 Å². The Hall–Kier alpha value is -0.990. The summed E-state index contributed by atoms with van der Waals surface area (Å²) in [6, 6.07) is 0.248. The van der Waals surface area contributed by atoms with Crippen LogP contribution in [0.4, 0.5) is 0 Å². The third-order valence-electron chi connectivity index (χ3n) is 1.43. The Morgan fingerprint density at radius 1 is 1.60 bits per heavy atom. The van der Waals surface area contributed by atoms with E-state index >= 15 is 0 Å². The van der Waals surface area contributed by atoms with Crippen molar-refractivity contribution in [3.63, 3.8) is 0 Å². The highest BCUT2D eigenvalue weighted by atomic mass is 16.1. The van der Waals surface area contributed by atoms with Crippen LogP contribution in [0.5, 0.6) is 0 Å². The largest absolute Gasteiger partial charge is 0.325 e. The molecule has 1 aromatic rings. The summed E-state index contributed by atoms with van der Waals surface area (Å²) in [6.07, 6.45) is 1.83. The van der Waals surface area contributed by atoms with Crippen molar-refractivity contribution in [3.8, 4) is 0 Å². The highest BCUT2D eigenvalue weighted by molar-refractivity contribution is 4.93. The number of nitrogens with zero attached hydrogens (tertiary/aromatic N) is 1. The first-order valence-corrected chi connectivity index (χ1v) is 3.39. The van der Waals surface area contributed by atoms with Gasteiger partial charge in [0.2, 0.25) is 0 Å². The third-order valence-corrected chi connectivity index (χ3v) is 1.43. The molecule has 0 aliphatic carbocycles. The van der Waals surface area contributed by atoms with E-state index in [4.69, 9.17) is 0 Å². The number of H-pyrrole nitrogens is 1. The molecule has 10 heavy (non-hydrogen) atoms. The van der Waals surface area contributed by atoms with Crippen molar-refractivity contribution in [2.24, 2.45) is 0 Å². The molecule has 0 radical (unpaired) electrons. The van der Waals surface area contributed by atoms with Crippen LogP contribution in [0, 0.1) is 6.92 Å². The molecule has 1 aromatic heterocycles. The number of hydrogen-bond donors (Lipinski definition) is 1. The number of imidazole rings is 1. The van der Waals surface area contributed by atoms with Crippen LogP contribution in [0.15, 0.2) is 11.0 Å². The number of nitrogens with one attached hydrogen (secondary N) is 1. The summed E-state index contributed by atoms with van der Waals surface area (Å²) in [4.78, 5) is 13.7. The molecule has 3 nitrogen and oxygen atoms in total. The summed E-state index contributed by atoms with van der Waals surface area (Å²) in [5.41, 5.74) is 0.895. The number of aromatic nitrogens is 2. The number of aryl methyl sites for hydroxylation is 1. The predicted octanol–water partition coefficient (Wildman–Crippen LogP) is 1.07. The van der Waals surface area contributed by atoms with Gasteiger partial charge >= 0.3 is 5.69 Å². The van der Waals surface area contributed by atoms with Crippen molar-refractivity contribution in [2.45, 2.75) is 26.8 Å². The lowest BCUT2D eigenvalue weighted by Crippen LogP contribution is -2.17. The summed E-state index contributed by atoms with van der Waals surface area (Å²) in [6.45, 7) is 5.84. The van der Waals surface area contributed by atoms with Gasteiger partial charge in [-0.15, -0.1) is 0 Å². The molecule has 1 N–H and O–H groups in total. The van der Waals surface area contributed by atoms with Crippen LogP contribution in [-0.4, -0.2) is 9.55 Å². The van der Waals surface area contributed by atoms with Gasteiger partial charge in [0.1, 0.15) is 0 Å². The Labute approximate surface area is 59.7 Å². The zero-order valence-electron chi connectivity index (χ0n) is 6.51. The number of rotatable bonds is 1. The van der Waals surface area contributed by atoms with Crippen molar-refractivity contribution < 1.29 is 0 Å². The molecule has 1 rings (SSSR count). The van der Waals surface area contributed by atoms with Crippen molar-refractivity contribution >= 4 is 0 Å². The Balaban J connectivity index is 3.16. The van der Waals surface area contributed by atoms with E-state index in [2.05, 4.69) is 4.98 Å². The molecule has 1 heterocycles. The smallest absolute Gasteiger partial charge is 0.310 e. The quantitative estimate of drug-likeness (QED) is 0.622. The second-order valence-corrected chi connectivity index (χ2v) is 2.74. The van der Waals surface area contributed by atoms with Gasteiger partial charge in [0.15, 0.2) is 0 Å². The fourth-order valence-corrected chi connectivity index (χ4v) is 0.916. The van der Waals surface area contributed by atoms with Crippen LogP contribution in [0.2, 0.25) is 0 Å². The highest BCUT2D eigenvalue weighted by Crippen LogP contribution is 1.99. The molecule has 0 spiro atoms. The van der Waals surface area contributed by atoms with E-state index in [-0.39, 0.29) is 11.7 Å². The van der Waals surface area contributed by atoms with Crippen molar-refractivity contribution in [1.29, 1.82) is 0 Å². The summed E-state index contributed by atoms with van der Waals surface area (Å²) in [5.74, 6) is 0. The maximum absolute atomic E-state index is 11.0. The van der Waals surface area contributed by atoms with Gasteiger partial charge in [0.25, 0.3) is 0 Å². The fourth-order valence-electron chi connectivity index (χ4n) is 0.916. The van der Waals surface area contributed by atoms with E-state index in [9.17, 15) is 4.79 Å². The van der Waals surface area contributed by atoms with Crippen LogP contribution in [-0.2, 0) is 0 Å². The zero-order valence-corrected chi connectivity index (χ0v) is 6.51. The maximum Gasteiger partial charge on any atom is 0.325 e. The summed E-state index contributed by atoms with van der Waals surface area (Å²) >= 11 is 0. The van der Waals surface area contributed by atoms with Gasteiger partial charge in [-0.25, -0.2) is 4.79 Å². The summed E-state index contributed by atoms with van der Waals surface area (Å²) in [5, 5.41) is 0. The second kappa shape index (κ2) is 2.33. The molecule has 0 fully saturated rings. The Bertz CT molecular complexity index is 269. The highest BCUT2D eigenvalue weighted by Gasteiger charge is 2.01. The molecule has 3 heteroatoms. The zero-order chi connectivity index (χ0) is 7.72. The lowest BCUT2D eigenvalue weighted by atomic mass is 10.4. The standard InChI is InChI=1S/C7H12N2O/c1-5(2)9-4-6(3)8-7(9)10/h4-5H,1-3H3,(H,8,10). The normalized spacial score (nSPS) is 10.8. The molecular formula is C7H12N2O. The number of aromatic amines is 1. The fraction of sp³-hybridized carbons (Fsp3) is 0.571. The van der Waals surface area contributed by atoms with E-state index in [1.54, 1.807) is 4.57 Å². The van der Waals surface area contributed by atoms with Gasteiger partial charge < -0.3 is 4.98 Å². The molecule has 0 unspecified atom stereocenters. The monoisotopic (exact) mass is 140 g/mol. The summed E-state index contributed by atoms with van der Waals surface area (Å²) in [7, 11) is 0. The van der Waals surface area contributed by atoms with Crippen LogP contribution in [0.3, 0.4) is 0 Å². The van der Waals surface area contributed by atoms with Crippen LogP contribution in [0.1, 0.15) is 25.6 Å². The summed E-state index contributed by atoms with van der Waals surface area (Å²) < 4.78 is 1.68. The van der Waals surface area contributed by atoms with Gasteiger partial charge in [0.05, 0.1) is 0 Å². The van der Waals surface area contributed by atoms with Crippen LogP contribution >= 0.6 is 0 Å². The van der Waals surface area contributed by atoms with E-state index in [0.29, 0.717) is 0 Å². The van der Waals surface area contributed by atoms with Crippen LogP contribution in [0.25, 0.3) is 0 Å². The molecule has 0 aliphatic rings. The molecule has 0 bridgehead atoms. The second-order valence-electron chi connectivity index (χ2n) is 2.74. The lowest BCUT2D eigenvalue weighted by molar-refractivity contribution is 0.580. The first-order valence-electron chi connectivity index (χ1n) is 3.39. The van der Waals surface area contributed by atoms with Crippen molar-refractivity contribution in [1.82, 2.24) is 9.55 Å². The molecular weight excluding hydrogens is 128 g/mol. The molecule has 0 aliphatic heterocycles.